The number of ketones is 1. The minimum atomic E-state index is -0.304. The Hall–Kier alpha value is -2.63. The van der Waals surface area contributed by atoms with Crippen molar-refractivity contribution < 1.29 is 4.79 Å². The summed E-state index contributed by atoms with van der Waals surface area (Å²) < 4.78 is 1.80. The predicted molar refractivity (Wildman–Crippen MR) is 114 cm³/mol. The van der Waals surface area contributed by atoms with Crippen LogP contribution >= 0.6 is 23.2 Å². The number of nitrogens with one attached hydrogen (secondary N) is 1. The number of carbonyl (C=O) groups is 1. The van der Waals surface area contributed by atoms with Crippen molar-refractivity contribution >= 4 is 34.9 Å². The first-order valence-electron chi connectivity index (χ1n) is 9.53. The van der Waals surface area contributed by atoms with Crippen molar-refractivity contribution in [3.05, 3.63) is 74.9 Å². The first-order valence-corrected chi connectivity index (χ1v) is 10.3. The lowest BCUT2D eigenvalue weighted by atomic mass is 9.85. The SMILES string of the molecule is Cc1cccc(C2C3=C(CCCC3=O)Nc3nc(-c4ccc(Cl)cc4Cl)nn32)c1. The summed E-state index contributed by atoms with van der Waals surface area (Å²) in [5, 5.41) is 9.14. The molecule has 3 aromatic rings. The number of allylic oxidation sites excluding steroid dienone is 2. The quantitative estimate of drug-likeness (QED) is 0.582. The predicted octanol–water partition coefficient (Wildman–Crippen LogP) is 5.58. The first kappa shape index (κ1) is 18.4. The number of carbonyl (C=O) groups excluding carboxylic acids is 1. The van der Waals surface area contributed by atoms with Crippen molar-refractivity contribution in [3.8, 4) is 11.4 Å². The monoisotopic (exact) mass is 424 g/mol. The van der Waals surface area contributed by atoms with Gasteiger partial charge in [0.25, 0.3) is 0 Å². The zero-order valence-corrected chi connectivity index (χ0v) is 17.3. The lowest BCUT2D eigenvalue weighted by Gasteiger charge is -2.32. The Morgan fingerprint density at radius 2 is 2.00 bits per heavy atom. The Labute approximate surface area is 178 Å². The molecule has 1 unspecified atom stereocenters. The highest BCUT2D eigenvalue weighted by atomic mass is 35.5. The summed E-state index contributed by atoms with van der Waals surface area (Å²) in [5.41, 5.74) is 4.59. The molecule has 0 saturated carbocycles. The van der Waals surface area contributed by atoms with E-state index in [0.29, 0.717) is 33.8 Å². The number of hydrogen-bond donors (Lipinski definition) is 1. The van der Waals surface area contributed by atoms with Gasteiger partial charge in [0.05, 0.1) is 5.02 Å². The van der Waals surface area contributed by atoms with E-state index in [1.54, 1.807) is 16.8 Å². The maximum absolute atomic E-state index is 12.9. The highest BCUT2D eigenvalue weighted by Crippen LogP contribution is 2.41. The number of aryl methyl sites for hydroxylation is 1. The van der Waals surface area contributed by atoms with Crippen LogP contribution in [0.25, 0.3) is 11.4 Å². The smallest absolute Gasteiger partial charge is 0.226 e. The van der Waals surface area contributed by atoms with Gasteiger partial charge in [0.1, 0.15) is 6.04 Å². The van der Waals surface area contributed by atoms with Gasteiger partial charge in [-0.25, -0.2) is 4.68 Å². The first-order chi connectivity index (χ1) is 14.0. The van der Waals surface area contributed by atoms with E-state index in [1.807, 2.05) is 31.2 Å². The summed E-state index contributed by atoms with van der Waals surface area (Å²) >= 11 is 12.4. The normalized spacial score (nSPS) is 18.3. The molecule has 29 heavy (non-hydrogen) atoms. The summed E-state index contributed by atoms with van der Waals surface area (Å²) in [5.74, 6) is 1.28. The van der Waals surface area contributed by atoms with Crippen molar-refractivity contribution in [2.75, 3.05) is 5.32 Å². The molecule has 0 saturated heterocycles. The van der Waals surface area contributed by atoms with Gasteiger partial charge in [0, 0.05) is 28.3 Å². The lowest BCUT2D eigenvalue weighted by Crippen LogP contribution is -2.31. The molecule has 146 valence electrons. The maximum atomic E-state index is 12.9. The van der Waals surface area contributed by atoms with Gasteiger partial charge in [-0.2, -0.15) is 4.98 Å². The van der Waals surface area contributed by atoms with E-state index in [0.717, 1.165) is 35.2 Å². The van der Waals surface area contributed by atoms with E-state index in [4.69, 9.17) is 33.3 Å². The van der Waals surface area contributed by atoms with Gasteiger partial charge in [-0.1, -0.05) is 53.0 Å². The average molecular weight is 425 g/mol. The Kier molecular flexibility index (Phi) is 4.45. The molecule has 5 nitrogen and oxygen atoms in total. The molecule has 1 aliphatic carbocycles. The second-order valence-corrected chi connectivity index (χ2v) is 8.28. The molecule has 1 N–H and O–H groups in total. The topological polar surface area (TPSA) is 59.8 Å². The number of aromatic nitrogens is 3. The highest BCUT2D eigenvalue weighted by molar-refractivity contribution is 6.36. The summed E-state index contributed by atoms with van der Waals surface area (Å²) in [7, 11) is 0. The second-order valence-electron chi connectivity index (χ2n) is 7.44. The minimum absolute atomic E-state index is 0.164. The molecule has 7 heteroatoms. The fraction of sp³-hybridized carbons (Fsp3) is 0.227. The maximum Gasteiger partial charge on any atom is 0.226 e. The zero-order valence-electron chi connectivity index (χ0n) is 15.7. The summed E-state index contributed by atoms with van der Waals surface area (Å²) in [6.07, 6.45) is 2.23. The number of hydrogen-bond acceptors (Lipinski definition) is 4. The van der Waals surface area contributed by atoms with Crippen LogP contribution in [0.2, 0.25) is 10.0 Å². The molecular formula is C22H18Cl2N4O. The van der Waals surface area contributed by atoms with E-state index < -0.39 is 0 Å². The van der Waals surface area contributed by atoms with Crippen molar-refractivity contribution in [3.63, 3.8) is 0 Å². The van der Waals surface area contributed by atoms with Crippen LogP contribution in [0.3, 0.4) is 0 Å². The van der Waals surface area contributed by atoms with Gasteiger partial charge in [-0.3, -0.25) is 4.79 Å². The molecule has 5 rings (SSSR count). The zero-order chi connectivity index (χ0) is 20.1. The van der Waals surface area contributed by atoms with Crippen LogP contribution in [0.1, 0.15) is 36.4 Å². The Morgan fingerprint density at radius 1 is 1.14 bits per heavy atom. The van der Waals surface area contributed by atoms with Crippen LogP contribution in [-0.4, -0.2) is 20.5 Å². The summed E-state index contributed by atoms with van der Waals surface area (Å²) in [6, 6.07) is 13.1. The second kappa shape index (κ2) is 7.01. The van der Waals surface area contributed by atoms with Gasteiger partial charge in [0.15, 0.2) is 11.6 Å². The van der Waals surface area contributed by atoms with E-state index in [-0.39, 0.29) is 11.8 Å². The number of benzene rings is 2. The van der Waals surface area contributed by atoms with Crippen LogP contribution < -0.4 is 5.32 Å². The van der Waals surface area contributed by atoms with Crippen LogP contribution in [-0.2, 0) is 4.79 Å². The molecule has 2 aliphatic rings. The molecule has 1 aliphatic heterocycles. The number of fused-ring (bicyclic) bond motifs is 1. The Bertz CT molecular complexity index is 1180. The third kappa shape index (κ3) is 3.15. The van der Waals surface area contributed by atoms with Crippen molar-refractivity contribution in [1.29, 1.82) is 0 Å². The average Bonchev–Trinajstić information content (AvgIpc) is 3.09. The number of rotatable bonds is 2. The van der Waals surface area contributed by atoms with Gasteiger partial charge in [0.2, 0.25) is 5.95 Å². The molecule has 2 aromatic carbocycles. The largest absolute Gasteiger partial charge is 0.328 e. The molecule has 0 spiro atoms. The summed E-state index contributed by atoms with van der Waals surface area (Å²) in [6.45, 7) is 2.05. The molecule has 2 heterocycles. The molecule has 0 radical (unpaired) electrons. The standard InChI is InChI=1S/C22H18Cl2N4O/c1-12-4-2-5-13(10-12)20-19-17(6-3-7-18(19)29)25-22-26-21(27-28(20)22)15-9-8-14(23)11-16(15)24/h2,4-5,8-11,20H,3,6-7H2,1H3,(H,25,26,27). The molecular weight excluding hydrogens is 407 g/mol. The van der Waals surface area contributed by atoms with Crippen LogP contribution in [0, 0.1) is 6.92 Å². The minimum Gasteiger partial charge on any atom is -0.328 e. The van der Waals surface area contributed by atoms with E-state index in [2.05, 4.69) is 11.4 Å². The number of halogens is 2. The highest BCUT2D eigenvalue weighted by Gasteiger charge is 2.37. The van der Waals surface area contributed by atoms with Crippen molar-refractivity contribution in [1.82, 2.24) is 14.8 Å². The lowest BCUT2D eigenvalue weighted by molar-refractivity contribution is -0.116. The van der Waals surface area contributed by atoms with Gasteiger partial charge >= 0.3 is 0 Å². The number of anilines is 1. The van der Waals surface area contributed by atoms with E-state index in [1.165, 1.54) is 0 Å². The van der Waals surface area contributed by atoms with Crippen LogP contribution in [0.15, 0.2) is 53.7 Å². The number of nitrogens with zero attached hydrogens (tertiary/aromatic N) is 3. The van der Waals surface area contributed by atoms with E-state index >= 15 is 0 Å². The van der Waals surface area contributed by atoms with Gasteiger partial charge in [-0.05, 0) is 43.5 Å². The third-order valence-electron chi connectivity index (χ3n) is 5.40. The van der Waals surface area contributed by atoms with E-state index in [9.17, 15) is 4.79 Å². The molecule has 1 atom stereocenters. The van der Waals surface area contributed by atoms with Gasteiger partial charge in [-0.15, -0.1) is 5.10 Å². The van der Waals surface area contributed by atoms with Crippen LogP contribution in [0.5, 0.6) is 0 Å². The molecule has 0 bridgehead atoms. The third-order valence-corrected chi connectivity index (χ3v) is 5.95. The molecule has 0 fully saturated rings. The Morgan fingerprint density at radius 3 is 2.79 bits per heavy atom. The molecule has 1 aromatic heterocycles. The summed E-state index contributed by atoms with van der Waals surface area (Å²) in [4.78, 5) is 17.6. The Balaban J connectivity index is 1.69. The van der Waals surface area contributed by atoms with Gasteiger partial charge < -0.3 is 5.32 Å². The fourth-order valence-corrected chi connectivity index (χ4v) is 4.58. The van der Waals surface area contributed by atoms with Crippen molar-refractivity contribution in [2.24, 2.45) is 0 Å². The van der Waals surface area contributed by atoms with Crippen molar-refractivity contribution in [2.45, 2.75) is 32.2 Å². The fourth-order valence-electron chi connectivity index (χ4n) is 4.09. The molecule has 0 amide bonds. The number of Topliss-reactive ketones (excluding diaryl/α,β-unsaturated/α-hetero) is 1. The van der Waals surface area contributed by atoms with Crippen LogP contribution in [0.4, 0.5) is 5.95 Å².